The number of hydrogen-bond acceptors (Lipinski definition) is 4. The number of aromatic nitrogens is 2. The first-order valence-corrected chi connectivity index (χ1v) is 11.3. The van der Waals surface area contributed by atoms with Crippen molar-refractivity contribution < 1.29 is 14.4 Å². The number of amides is 2. The minimum Gasteiger partial charge on any atom is -0.349 e. The van der Waals surface area contributed by atoms with Crippen LogP contribution in [0.15, 0.2) is 36.7 Å². The van der Waals surface area contributed by atoms with Crippen LogP contribution in [0.25, 0.3) is 10.9 Å². The first-order chi connectivity index (χ1) is 15.4. The third-order valence-corrected chi connectivity index (χ3v) is 6.58. The maximum atomic E-state index is 13.3. The number of carbonyl (C=O) groups is 3. The van der Waals surface area contributed by atoms with Crippen molar-refractivity contribution in [2.24, 2.45) is 5.92 Å². The zero-order valence-corrected chi connectivity index (χ0v) is 18.5. The largest absolute Gasteiger partial charge is 0.349 e. The van der Waals surface area contributed by atoms with Crippen LogP contribution in [0.5, 0.6) is 0 Å². The molecule has 2 aliphatic rings. The smallest absolute Gasteiger partial charge is 0.265 e. The molecular formula is C23H20Cl2N4O3. The van der Waals surface area contributed by atoms with E-state index in [2.05, 4.69) is 15.6 Å². The van der Waals surface area contributed by atoms with Gasteiger partial charge in [-0.1, -0.05) is 23.2 Å². The summed E-state index contributed by atoms with van der Waals surface area (Å²) >= 11 is 12.8. The molecule has 164 valence electrons. The van der Waals surface area contributed by atoms with Crippen molar-refractivity contribution in [1.29, 1.82) is 0 Å². The van der Waals surface area contributed by atoms with Gasteiger partial charge in [-0.25, -0.2) is 4.98 Å². The van der Waals surface area contributed by atoms with Crippen molar-refractivity contribution in [2.75, 3.05) is 5.32 Å². The molecule has 2 fully saturated rings. The molecule has 0 aliphatic heterocycles. The van der Waals surface area contributed by atoms with Crippen LogP contribution < -0.4 is 10.6 Å². The third kappa shape index (κ3) is 3.87. The molecule has 32 heavy (non-hydrogen) atoms. The lowest BCUT2D eigenvalue weighted by molar-refractivity contribution is -0.117. The molecule has 0 unspecified atom stereocenters. The van der Waals surface area contributed by atoms with Gasteiger partial charge < -0.3 is 10.6 Å². The highest BCUT2D eigenvalue weighted by Gasteiger charge is 2.30. The van der Waals surface area contributed by atoms with Gasteiger partial charge >= 0.3 is 0 Å². The van der Waals surface area contributed by atoms with Gasteiger partial charge in [0.15, 0.2) is 0 Å². The number of fused-ring (bicyclic) bond motifs is 1. The van der Waals surface area contributed by atoms with E-state index in [1.54, 1.807) is 18.3 Å². The Kier molecular flexibility index (Phi) is 5.39. The van der Waals surface area contributed by atoms with Gasteiger partial charge in [0.1, 0.15) is 5.82 Å². The number of benzene rings is 1. The summed E-state index contributed by atoms with van der Waals surface area (Å²) in [6.07, 6.45) is 7.91. The number of carbonyl (C=O) groups excluding carboxylic acids is 3. The number of nitrogens with zero attached hydrogens (tertiary/aromatic N) is 2. The summed E-state index contributed by atoms with van der Waals surface area (Å²) in [6.45, 7) is 0. The fourth-order valence-corrected chi connectivity index (χ4v) is 4.41. The van der Waals surface area contributed by atoms with Crippen molar-refractivity contribution >= 4 is 57.6 Å². The highest BCUT2D eigenvalue weighted by atomic mass is 35.5. The van der Waals surface area contributed by atoms with E-state index in [0.29, 0.717) is 22.3 Å². The average molecular weight is 471 g/mol. The minimum absolute atomic E-state index is 0.0355. The Morgan fingerprint density at radius 3 is 2.38 bits per heavy atom. The number of rotatable bonds is 5. The van der Waals surface area contributed by atoms with E-state index in [4.69, 9.17) is 23.2 Å². The molecule has 0 bridgehead atoms. The predicted molar refractivity (Wildman–Crippen MR) is 122 cm³/mol. The zero-order chi connectivity index (χ0) is 22.4. The fourth-order valence-electron chi connectivity index (χ4n) is 3.76. The number of hydrogen-bond donors (Lipinski definition) is 2. The van der Waals surface area contributed by atoms with Gasteiger partial charge in [-0.15, -0.1) is 0 Å². The second kappa shape index (κ2) is 8.22. The maximum absolute atomic E-state index is 13.3. The molecule has 2 saturated carbocycles. The highest BCUT2D eigenvalue weighted by molar-refractivity contribution is 6.40. The van der Waals surface area contributed by atoms with Gasteiger partial charge in [0.2, 0.25) is 5.91 Å². The Morgan fingerprint density at radius 1 is 1.03 bits per heavy atom. The molecule has 0 spiro atoms. The number of nitrogens with one attached hydrogen (secondary N) is 2. The molecule has 9 heteroatoms. The first-order valence-electron chi connectivity index (χ1n) is 10.5. The van der Waals surface area contributed by atoms with Crippen molar-refractivity contribution in [3.8, 4) is 0 Å². The molecule has 5 rings (SSSR count). The summed E-state index contributed by atoms with van der Waals surface area (Å²) in [5.74, 6) is -0.317. The zero-order valence-electron chi connectivity index (χ0n) is 17.0. The van der Waals surface area contributed by atoms with E-state index in [1.165, 1.54) is 22.9 Å². The van der Waals surface area contributed by atoms with E-state index in [-0.39, 0.29) is 39.4 Å². The minimum atomic E-state index is -0.438. The topological polar surface area (TPSA) is 93.1 Å². The number of anilines is 1. The van der Waals surface area contributed by atoms with E-state index in [9.17, 15) is 14.4 Å². The normalized spacial score (nSPS) is 15.9. The summed E-state index contributed by atoms with van der Waals surface area (Å²) in [4.78, 5) is 42.2. The molecular weight excluding hydrogens is 451 g/mol. The van der Waals surface area contributed by atoms with Gasteiger partial charge in [0.25, 0.3) is 11.8 Å². The van der Waals surface area contributed by atoms with Crippen LogP contribution in [0.4, 0.5) is 5.82 Å². The molecule has 0 radical (unpaired) electrons. The van der Waals surface area contributed by atoms with Gasteiger partial charge in [-0.3, -0.25) is 19.0 Å². The van der Waals surface area contributed by atoms with Gasteiger partial charge in [-0.2, -0.15) is 0 Å². The monoisotopic (exact) mass is 470 g/mol. The van der Waals surface area contributed by atoms with Crippen molar-refractivity contribution in [2.45, 2.75) is 38.1 Å². The molecule has 2 aromatic heterocycles. The van der Waals surface area contributed by atoms with Gasteiger partial charge in [0, 0.05) is 35.3 Å². The van der Waals surface area contributed by atoms with E-state index in [1.807, 2.05) is 0 Å². The molecule has 2 heterocycles. The van der Waals surface area contributed by atoms with Crippen molar-refractivity contribution in [3.05, 3.63) is 57.8 Å². The fraction of sp³-hybridized carbons (Fsp3) is 0.304. The molecule has 3 aromatic rings. The molecule has 2 N–H and O–H groups in total. The van der Waals surface area contributed by atoms with Crippen LogP contribution in [-0.2, 0) is 4.79 Å². The van der Waals surface area contributed by atoms with E-state index >= 15 is 0 Å². The Balaban J connectivity index is 1.44. The van der Waals surface area contributed by atoms with Crippen LogP contribution in [0.2, 0.25) is 10.0 Å². The summed E-state index contributed by atoms with van der Waals surface area (Å²) in [5.41, 5.74) is 0.983. The highest BCUT2D eigenvalue weighted by Crippen LogP contribution is 2.33. The lowest BCUT2D eigenvalue weighted by atomic mass is 9.93. The lowest BCUT2D eigenvalue weighted by Gasteiger charge is -2.26. The van der Waals surface area contributed by atoms with Crippen LogP contribution in [0, 0.1) is 5.92 Å². The number of pyridine rings is 1. The first kappa shape index (κ1) is 21.0. The Hall–Kier alpha value is -2.90. The SMILES string of the molecule is O=C(NC1CCC1)c1cc(Cl)c(C(=O)n2ccc3c(NC(=O)C4CC4)nccc32)c(Cl)c1. The Morgan fingerprint density at radius 2 is 1.75 bits per heavy atom. The molecule has 2 aliphatic carbocycles. The van der Waals surface area contributed by atoms with Crippen molar-refractivity contribution in [3.63, 3.8) is 0 Å². The summed E-state index contributed by atoms with van der Waals surface area (Å²) in [5, 5.41) is 6.60. The summed E-state index contributed by atoms with van der Waals surface area (Å²) in [7, 11) is 0. The molecule has 0 saturated heterocycles. The average Bonchev–Trinajstić information content (AvgIpc) is 3.49. The second-order valence-electron chi connectivity index (χ2n) is 8.26. The Labute approximate surface area is 194 Å². The van der Waals surface area contributed by atoms with E-state index < -0.39 is 5.91 Å². The van der Waals surface area contributed by atoms with Crippen molar-refractivity contribution in [1.82, 2.24) is 14.9 Å². The second-order valence-corrected chi connectivity index (χ2v) is 9.08. The Bertz CT molecular complexity index is 1240. The van der Waals surface area contributed by atoms with Crippen LogP contribution in [-0.4, -0.2) is 33.3 Å². The molecule has 1 aromatic carbocycles. The van der Waals surface area contributed by atoms with Crippen LogP contribution in [0.3, 0.4) is 0 Å². The van der Waals surface area contributed by atoms with E-state index in [0.717, 1.165) is 32.1 Å². The lowest BCUT2D eigenvalue weighted by Crippen LogP contribution is -2.39. The van der Waals surface area contributed by atoms with Crippen LogP contribution in [0.1, 0.15) is 52.8 Å². The molecule has 2 amide bonds. The predicted octanol–water partition coefficient (Wildman–Crippen LogP) is 4.66. The summed E-state index contributed by atoms with van der Waals surface area (Å²) in [6, 6.07) is 6.50. The maximum Gasteiger partial charge on any atom is 0.265 e. The number of halogens is 2. The molecule has 7 nitrogen and oxygen atoms in total. The summed E-state index contributed by atoms with van der Waals surface area (Å²) < 4.78 is 1.41. The third-order valence-electron chi connectivity index (χ3n) is 5.98. The quantitative estimate of drug-likeness (QED) is 0.566. The van der Waals surface area contributed by atoms with Gasteiger partial charge in [0.05, 0.1) is 21.1 Å². The molecule has 0 atom stereocenters. The standard InChI is InChI=1S/C23H20Cl2N4O3/c24-16-10-13(22(31)27-14-2-1-3-14)11-17(25)19(16)23(32)29-9-7-15-18(29)6-8-26-20(15)28-21(30)12-4-5-12/h6-12,14H,1-5H2,(H,27,31)(H,26,28,30). The van der Waals surface area contributed by atoms with Gasteiger partial charge in [-0.05, 0) is 56.4 Å². The van der Waals surface area contributed by atoms with Crippen LogP contribution >= 0.6 is 23.2 Å².